The summed E-state index contributed by atoms with van der Waals surface area (Å²) in [5.74, 6) is 0. The molecule has 0 saturated heterocycles. The van der Waals surface area contributed by atoms with Crippen LogP contribution < -0.4 is 0 Å². The van der Waals surface area contributed by atoms with Crippen molar-refractivity contribution in [3.05, 3.63) is 158 Å². The number of benzene rings is 24. The highest BCUT2D eigenvalue weighted by atomic mass is 14.4. The number of fused-ring (bicyclic) bond motifs is 10. The zero-order chi connectivity index (χ0) is 44.9. The van der Waals surface area contributed by atoms with Crippen molar-refractivity contribution < 1.29 is 0 Å². The van der Waals surface area contributed by atoms with Gasteiger partial charge in [-0.3, -0.25) is 0 Å². The summed E-state index contributed by atoms with van der Waals surface area (Å²) in [5.41, 5.74) is 0. The third kappa shape index (κ3) is 2.70. The van der Waals surface area contributed by atoms with Gasteiger partial charge >= 0.3 is 0 Å². The molecule has 0 saturated carbocycles. The smallest absolute Gasteiger partial charge is 0.0000238 e. The maximum Gasteiger partial charge on any atom is -0.0000238 e. The second-order valence-electron chi connectivity index (χ2n) is 22.5. The Morgan fingerprint density at radius 3 is 0.361 bits per heavy atom. The number of rotatable bonds is 0. The summed E-state index contributed by atoms with van der Waals surface area (Å²) in [6.45, 7) is 0. The van der Waals surface area contributed by atoms with Gasteiger partial charge in [0.1, 0.15) is 0 Å². The molecule has 72 heavy (non-hydrogen) atoms. The van der Waals surface area contributed by atoms with E-state index in [1.165, 1.54) is 248 Å². The SMILES string of the molecule is c1cc2c3cccc4c5cccc6c7cc8c9cccc%10c%11cccc%12c%13cccc%14c%15cccc%16c%17cc%18c%19cccc%20c(c1)c2c1c(c34)c(c56)c2c7c3c8c4c(c%109)c(c%12%11)c(c%13%14)c(c%15%16)c4c%17c3c%18c2c1c%20%19. The molecule has 0 spiro atoms. The lowest BCUT2D eigenvalue weighted by molar-refractivity contribution is 1.82. The molecule has 0 heterocycles. The Morgan fingerprint density at radius 2 is 0.208 bits per heavy atom. The first-order valence-corrected chi connectivity index (χ1v) is 25.9. The topological polar surface area (TPSA) is 0 Å². The lowest BCUT2D eigenvalue weighted by atomic mass is 9.69. The second kappa shape index (κ2) is 9.48. The van der Waals surface area contributed by atoms with Gasteiger partial charge in [-0.25, -0.2) is 0 Å². The minimum Gasteiger partial charge on any atom is -0.0610 e. The van der Waals surface area contributed by atoms with Crippen LogP contribution in [-0.4, -0.2) is 0 Å². The van der Waals surface area contributed by atoms with Crippen molar-refractivity contribution in [1.82, 2.24) is 0 Å². The van der Waals surface area contributed by atoms with Gasteiger partial charge in [-0.05, 0) is 260 Å². The van der Waals surface area contributed by atoms with Crippen molar-refractivity contribution in [2.75, 3.05) is 0 Å². The Hall–Kier alpha value is -9.36. The predicted molar refractivity (Wildman–Crippen MR) is 314 cm³/mol. The Morgan fingerprint density at radius 1 is 0.0972 bits per heavy atom. The van der Waals surface area contributed by atoms with Crippen molar-refractivity contribution in [3.8, 4) is 0 Å². The normalized spacial score (nSPS) is 14.4. The van der Waals surface area contributed by atoms with Crippen molar-refractivity contribution in [2.45, 2.75) is 0 Å². The lowest BCUT2D eigenvalue weighted by Crippen LogP contribution is -2.04. The third-order valence-corrected chi connectivity index (χ3v) is 20.3. The van der Waals surface area contributed by atoms with Crippen molar-refractivity contribution in [2.24, 2.45) is 0 Å². The Bertz CT molecular complexity index is 5830. The molecular formula is C72H26. The minimum atomic E-state index is 1.37. The molecule has 0 bridgehead atoms. The van der Waals surface area contributed by atoms with Crippen molar-refractivity contribution in [3.63, 3.8) is 0 Å². The van der Waals surface area contributed by atoms with Crippen LogP contribution in [-0.2, 0) is 0 Å². The van der Waals surface area contributed by atoms with Crippen LogP contribution in [0.25, 0.3) is 248 Å². The highest BCUT2D eigenvalue weighted by Crippen LogP contribution is 2.66. The second-order valence-corrected chi connectivity index (χ2v) is 22.5. The van der Waals surface area contributed by atoms with Crippen molar-refractivity contribution in [1.29, 1.82) is 0 Å². The van der Waals surface area contributed by atoms with Gasteiger partial charge in [0.25, 0.3) is 0 Å². The molecule has 0 aliphatic carbocycles. The van der Waals surface area contributed by atoms with Gasteiger partial charge in [0.05, 0.1) is 0 Å². The molecule has 24 aromatic carbocycles. The lowest BCUT2D eigenvalue weighted by Gasteiger charge is -2.33. The Balaban J connectivity index is 1.18. The van der Waals surface area contributed by atoms with Crippen LogP contribution in [0.15, 0.2) is 158 Å². The fourth-order valence-electron chi connectivity index (χ4n) is 18.4. The van der Waals surface area contributed by atoms with E-state index >= 15 is 0 Å². The minimum absolute atomic E-state index is 1.37. The maximum atomic E-state index is 2.70. The van der Waals surface area contributed by atoms with E-state index in [9.17, 15) is 0 Å². The summed E-state index contributed by atoms with van der Waals surface area (Å²) in [7, 11) is 0. The monoisotopic (exact) mass is 890 g/mol. The van der Waals surface area contributed by atoms with E-state index < -0.39 is 0 Å². The average Bonchev–Trinajstić information content (AvgIpc) is 3.56. The molecule has 0 amide bonds. The zero-order valence-corrected chi connectivity index (χ0v) is 38.0. The number of hydrogen-bond acceptors (Lipinski definition) is 0. The van der Waals surface area contributed by atoms with Crippen LogP contribution in [0.3, 0.4) is 0 Å². The van der Waals surface area contributed by atoms with E-state index in [1.54, 1.807) is 0 Å². The number of hydrogen-bond donors (Lipinski definition) is 0. The van der Waals surface area contributed by atoms with Gasteiger partial charge in [0.2, 0.25) is 0 Å². The summed E-state index contributed by atoms with van der Waals surface area (Å²) in [6.07, 6.45) is 0. The largest absolute Gasteiger partial charge is 0.0610 e. The summed E-state index contributed by atoms with van der Waals surface area (Å²) in [5, 5.41) is 65.5. The quantitative estimate of drug-likeness (QED) is 0.105. The first kappa shape index (κ1) is 32.5. The molecule has 0 heteroatoms. The predicted octanol–water partition coefficient (Wildman–Crippen LogP) is 20.9. The molecule has 314 valence electrons. The van der Waals surface area contributed by atoms with E-state index in [1.807, 2.05) is 0 Å². The molecule has 0 atom stereocenters. The molecule has 0 radical (unpaired) electrons. The molecule has 0 aromatic heterocycles. The Labute approximate surface area is 403 Å². The Kier molecular flexibility index (Phi) is 4.27. The molecule has 0 aliphatic heterocycles. The molecule has 0 nitrogen and oxygen atoms in total. The average molecular weight is 891 g/mol. The summed E-state index contributed by atoms with van der Waals surface area (Å²) in [6, 6.07) is 63.2. The van der Waals surface area contributed by atoms with E-state index in [0.29, 0.717) is 0 Å². The fourth-order valence-corrected chi connectivity index (χ4v) is 18.4. The molecule has 24 rings (SSSR count). The molecule has 24 aromatic rings. The standard InChI is InChI=1S/C72H26/c1-9-27-28-10-2-14-32-36-18-6-22-40-45-26-46-42-24-8-20-38-34-16-4-12-30-29-11-3-15-33-37-19-7-23-41-44-25-43-39-21-5-17-35-31(13-1)47(27)59-60(48(28)32)64(52(36)40)70-56(45)68-58(46)72-66(54(38)42)62(50(30)34)61(49(29)33)65(53(37)41)71(72)57(44)67(68)55(43)69(70)63(59)51(35)39/h1-26H. The summed E-state index contributed by atoms with van der Waals surface area (Å²) in [4.78, 5) is 0. The first-order valence-electron chi connectivity index (χ1n) is 25.9. The first-order chi connectivity index (χ1) is 35.8. The molecule has 0 aliphatic rings. The summed E-state index contributed by atoms with van der Waals surface area (Å²) >= 11 is 0. The van der Waals surface area contributed by atoms with Gasteiger partial charge in [-0.2, -0.15) is 0 Å². The van der Waals surface area contributed by atoms with Crippen LogP contribution in [0.4, 0.5) is 0 Å². The van der Waals surface area contributed by atoms with Crippen LogP contribution in [0, 0.1) is 0 Å². The van der Waals surface area contributed by atoms with E-state index in [4.69, 9.17) is 0 Å². The van der Waals surface area contributed by atoms with Gasteiger partial charge < -0.3 is 0 Å². The highest BCUT2D eigenvalue weighted by Gasteiger charge is 2.37. The van der Waals surface area contributed by atoms with Crippen LogP contribution in [0.2, 0.25) is 0 Å². The highest BCUT2D eigenvalue weighted by molar-refractivity contribution is 6.68. The van der Waals surface area contributed by atoms with Gasteiger partial charge in [-0.1, -0.05) is 146 Å². The van der Waals surface area contributed by atoms with Crippen molar-refractivity contribution >= 4 is 248 Å². The molecule has 0 unspecified atom stereocenters. The van der Waals surface area contributed by atoms with Gasteiger partial charge in [-0.15, -0.1) is 0 Å². The van der Waals surface area contributed by atoms with Gasteiger partial charge in [0, 0.05) is 0 Å². The third-order valence-electron chi connectivity index (χ3n) is 20.3. The van der Waals surface area contributed by atoms with E-state index in [0.717, 1.165) is 0 Å². The van der Waals surface area contributed by atoms with Gasteiger partial charge in [0.15, 0.2) is 0 Å². The van der Waals surface area contributed by atoms with Crippen LogP contribution in [0.1, 0.15) is 0 Å². The fraction of sp³-hybridized carbons (Fsp3) is 0. The molecule has 0 N–H and O–H groups in total. The molecular weight excluding hydrogens is 865 g/mol. The van der Waals surface area contributed by atoms with Crippen LogP contribution in [0.5, 0.6) is 0 Å². The van der Waals surface area contributed by atoms with E-state index in [2.05, 4.69) is 158 Å². The van der Waals surface area contributed by atoms with E-state index in [-0.39, 0.29) is 0 Å². The molecule has 0 fully saturated rings. The maximum absolute atomic E-state index is 2.70. The zero-order valence-electron chi connectivity index (χ0n) is 38.0. The van der Waals surface area contributed by atoms with Crippen LogP contribution >= 0.6 is 0 Å². The summed E-state index contributed by atoms with van der Waals surface area (Å²) < 4.78 is 0.